The van der Waals surface area contributed by atoms with Gasteiger partial charge in [0.2, 0.25) is 0 Å². The quantitative estimate of drug-likeness (QED) is 0.207. The summed E-state index contributed by atoms with van der Waals surface area (Å²) in [6.07, 6.45) is 0.00873. The molecule has 2 N–H and O–H groups in total. The van der Waals surface area contributed by atoms with Crippen LogP contribution in [-0.4, -0.2) is 117 Å². The second-order valence-corrected chi connectivity index (χ2v) is 5.53. The minimum Gasteiger partial charge on any atom is -0.481 e. The van der Waals surface area contributed by atoms with Gasteiger partial charge in [0.1, 0.15) is 0 Å². The summed E-state index contributed by atoms with van der Waals surface area (Å²) in [6, 6.07) is 0. The summed E-state index contributed by atoms with van der Waals surface area (Å²) < 4.78 is 37.2. The largest absolute Gasteiger partial charge is 0.481 e. The van der Waals surface area contributed by atoms with Gasteiger partial charge in [0.15, 0.2) is 0 Å². The van der Waals surface area contributed by atoms with Gasteiger partial charge in [-0.2, -0.15) is 0 Å². The number of likely N-dealkylation sites (N-methyl/N-ethyl adjacent to an activating group) is 1. The van der Waals surface area contributed by atoms with E-state index in [0.29, 0.717) is 85.9 Å². The molecule has 0 atom stereocenters. The molecular weight excluding hydrogens is 374 g/mol. The van der Waals surface area contributed by atoms with E-state index in [-0.39, 0.29) is 13.0 Å². The lowest BCUT2D eigenvalue weighted by molar-refractivity contribution is -0.138. The number of carboxylic acid groups (broad SMARTS) is 1. The van der Waals surface area contributed by atoms with E-state index < -0.39 is 5.97 Å². The Labute approximate surface area is 167 Å². The van der Waals surface area contributed by atoms with Crippen molar-refractivity contribution in [1.29, 1.82) is 0 Å². The van der Waals surface area contributed by atoms with Gasteiger partial charge in [-0.15, -0.1) is 0 Å². The van der Waals surface area contributed by atoms with Gasteiger partial charge in [0.25, 0.3) is 0 Å². The standard InChI is InChI=1S/C18H37NO9/c1-19-3-5-23-7-9-25-11-13-27-15-17-28-16-14-26-12-10-24-8-6-22-4-2-18(20)21/h19H,2-17H2,1H3,(H,20,21). The van der Waals surface area contributed by atoms with Gasteiger partial charge < -0.3 is 43.6 Å². The Morgan fingerprint density at radius 3 is 1.14 bits per heavy atom. The molecule has 0 rings (SSSR count). The van der Waals surface area contributed by atoms with Crippen molar-refractivity contribution >= 4 is 5.97 Å². The third-order valence-electron chi connectivity index (χ3n) is 3.19. The lowest BCUT2D eigenvalue weighted by atomic mass is 10.5. The molecule has 0 aromatic rings. The monoisotopic (exact) mass is 411 g/mol. The van der Waals surface area contributed by atoms with Crippen molar-refractivity contribution in [2.75, 3.05) is 106 Å². The van der Waals surface area contributed by atoms with Crippen LogP contribution in [0.1, 0.15) is 6.42 Å². The average Bonchev–Trinajstić information content (AvgIpc) is 2.68. The molecule has 0 aliphatic carbocycles. The maximum Gasteiger partial charge on any atom is 0.305 e. The Balaban J connectivity index is 2.99. The number of ether oxygens (including phenoxy) is 7. The number of hydrogen-bond acceptors (Lipinski definition) is 9. The van der Waals surface area contributed by atoms with E-state index in [1.807, 2.05) is 7.05 Å². The van der Waals surface area contributed by atoms with Crippen molar-refractivity contribution in [3.8, 4) is 0 Å². The van der Waals surface area contributed by atoms with Crippen molar-refractivity contribution in [1.82, 2.24) is 5.32 Å². The molecule has 0 saturated carbocycles. The number of carbonyl (C=O) groups is 1. The lowest BCUT2D eigenvalue weighted by Crippen LogP contribution is -2.17. The van der Waals surface area contributed by atoms with Gasteiger partial charge in [-0.3, -0.25) is 4.79 Å². The molecule has 0 unspecified atom stereocenters. The van der Waals surface area contributed by atoms with Gasteiger partial charge in [-0.1, -0.05) is 0 Å². The molecular formula is C18H37NO9. The van der Waals surface area contributed by atoms with Crippen LogP contribution in [0.25, 0.3) is 0 Å². The summed E-state index contributed by atoms with van der Waals surface area (Å²) in [5.74, 6) is -0.866. The molecule has 0 radical (unpaired) electrons. The van der Waals surface area contributed by atoms with Crippen molar-refractivity contribution in [2.45, 2.75) is 6.42 Å². The number of aliphatic carboxylic acids is 1. The van der Waals surface area contributed by atoms with Crippen LogP contribution in [0.4, 0.5) is 0 Å². The van der Waals surface area contributed by atoms with Crippen LogP contribution >= 0.6 is 0 Å². The molecule has 0 fully saturated rings. The molecule has 10 nitrogen and oxygen atoms in total. The average molecular weight is 411 g/mol. The van der Waals surface area contributed by atoms with Crippen LogP contribution in [0.15, 0.2) is 0 Å². The van der Waals surface area contributed by atoms with Crippen LogP contribution < -0.4 is 5.32 Å². The first-order valence-electron chi connectivity index (χ1n) is 9.68. The highest BCUT2D eigenvalue weighted by atomic mass is 16.6. The minimum atomic E-state index is -0.866. The first-order chi connectivity index (χ1) is 13.8. The molecule has 10 heteroatoms. The smallest absolute Gasteiger partial charge is 0.305 e. The van der Waals surface area contributed by atoms with E-state index in [9.17, 15) is 4.79 Å². The molecule has 0 bridgehead atoms. The predicted molar refractivity (Wildman–Crippen MR) is 102 cm³/mol. The highest BCUT2D eigenvalue weighted by Gasteiger charge is 1.97. The maximum absolute atomic E-state index is 10.3. The first kappa shape index (κ1) is 27.1. The predicted octanol–water partition coefficient (Wildman–Crippen LogP) is -0.203. The fourth-order valence-electron chi connectivity index (χ4n) is 1.76. The van der Waals surface area contributed by atoms with Crippen molar-refractivity contribution in [3.63, 3.8) is 0 Å². The Hall–Kier alpha value is -0.850. The zero-order valence-corrected chi connectivity index (χ0v) is 17.0. The maximum atomic E-state index is 10.3. The Kier molecular flexibility index (Phi) is 23.5. The molecule has 0 heterocycles. The molecule has 0 saturated heterocycles. The zero-order valence-electron chi connectivity index (χ0n) is 17.0. The molecule has 0 aromatic carbocycles. The molecule has 0 amide bonds. The second-order valence-electron chi connectivity index (χ2n) is 5.53. The van der Waals surface area contributed by atoms with E-state index in [1.54, 1.807) is 0 Å². The van der Waals surface area contributed by atoms with Crippen LogP contribution in [0.2, 0.25) is 0 Å². The summed E-state index contributed by atoms with van der Waals surface area (Å²) in [5.41, 5.74) is 0. The van der Waals surface area contributed by atoms with E-state index in [1.165, 1.54) is 0 Å². The van der Waals surface area contributed by atoms with Gasteiger partial charge in [-0.05, 0) is 7.05 Å². The van der Waals surface area contributed by atoms with Gasteiger partial charge in [0, 0.05) is 6.54 Å². The van der Waals surface area contributed by atoms with Gasteiger partial charge in [-0.25, -0.2) is 0 Å². The van der Waals surface area contributed by atoms with Gasteiger partial charge >= 0.3 is 5.97 Å². The summed E-state index contributed by atoms with van der Waals surface area (Å²) in [5, 5.41) is 11.4. The Morgan fingerprint density at radius 1 is 0.571 bits per heavy atom. The van der Waals surface area contributed by atoms with Crippen LogP contribution in [-0.2, 0) is 38.0 Å². The molecule has 0 aliphatic heterocycles. The van der Waals surface area contributed by atoms with E-state index in [0.717, 1.165) is 6.54 Å². The highest BCUT2D eigenvalue weighted by molar-refractivity contribution is 5.66. The second kappa shape index (κ2) is 24.2. The molecule has 0 aliphatic rings. The van der Waals surface area contributed by atoms with Crippen molar-refractivity contribution in [2.24, 2.45) is 0 Å². The normalized spacial score (nSPS) is 11.2. The van der Waals surface area contributed by atoms with Crippen molar-refractivity contribution in [3.05, 3.63) is 0 Å². The molecule has 0 spiro atoms. The van der Waals surface area contributed by atoms with Crippen LogP contribution in [0.3, 0.4) is 0 Å². The molecule has 0 aromatic heterocycles. The molecule has 168 valence electrons. The number of carboxylic acids is 1. The summed E-state index contributed by atoms with van der Waals surface area (Å²) in [6.45, 7) is 7.76. The third kappa shape index (κ3) is 25.1. The van der Waals surface area contributed by atoms with Crippen LogP contribution in [0.5, 0.6) is 0 Å². The lowest BCUT2D eigenvalue weighted by Gasteiger charge is -2.08. The topological polar surface area (TPSA) is 114 Å². The van der Waals surface area contributed by atoms with Crippen molar-refractivity contribution < 1.29 is 43.1 Å². The number of rotatable bonds is 24. The first-order valence-corrected chi connectivity index (χ1v) is 9.68. The SMILES string of the molecule is CNCCOCCOCCOCCOCCOCCOCCOCCC(=O)O. The van der Waals surface area contributed by atoms with Gasteiger partial charge in [0.05, 0.1) is 98.9 Å². The van der Waals surface area contributed by atoms with E-state index in [2.05, 4.69) is 5.32 Å². The fourth-order valence-corrected chi connectivity index (χ4v) is 1.76. The zero-order chi connectivity index (χ0) is 20.5. The summed E-state index contributed by atoms with van der Waals surface area (Å²) in [7, 11) is 1.89. The Bertz CT molecular complexity index is 321. The summed E-state index contributed by atoms with van der Waals surface area (Å²) in [4.78, 5) is 10.3. The number of hydrogen-bond donors (Lipinski definition) is 2. The van der Waals surface area contributed by atoms with E-state index >= 15 is 0 Å². The highest BCUT2D eigenvalue weighted by Crippen LogP contribution is 1.86. The summed E-state index contributed by atoms with van der Waals surface area (Å²) >= 11 is 0. The van der Waals surface area contributed by atoms with E-state index in [4.69, 9.17) is 38.3 Å². The third-order valence-corrected chi connectivity index (χ3v) is 3.19. The number of nitrogens with one attached hydrogen (secondary N) is 1. The fraction of sp³-hybridized carbons (Fsp3) is 0.944. The van der Waals surface area contributed by atoms with Crippen LogP contribution in [0, 0.1) is 0 Å². The Morgan fingerprint density at radius 2 is 0.857 bits per heavy atom. The molecule has 28 heavy (non-hydrogen) atoms. The minimum absolute atomic E-state index is 0.00873.